The maximum absolute atomic E-state index is 4.70. The summed E-state index contributed by atoms with van der Waals surface area (Å²) < 4.78 is 15.2. The molecule has 0 saturated carbocycles. The molecular formula is C32H43N5Si5. The second kappa shape index (κ2) is 12.7. The predicted molar refractivity (Wildman–Crippen MR) is 194 cm³/mol. The van der Waals surface area contributed by atoms with Crippen LogP contribution in [-0.4, -0.2) is 71.7 Å². The molecule has 0 spiro atoms. The minimum Gasteiger partial charge on any atom is -0.402 e. The zero-order valence-corrected chi connectivity index (χ0v) is 31.1. The minimum atomic E-state index is -3.02. The third-order valence-electron chi connectivity index (χ3n) is 9.04. The maximum atomic E-state index is 4.70. The average Bonchev–Trinajstić information content (AvgIpc) is 3.05. The lowest BCUT2D eigenvalue weighted by Gasteiger charge is -2.62. The van der Waals surface area contributed by atoms with Crippen molar-refractivity contribution in [3.05, 3.63) is 146 Å². The highest BCUT2D eigenvalue weighted by Crippen LogP contribution is 2.35. The van der Waals surface area contributed by atoms with E-state index in [9.17, 15) is 0 Å². The van der Waals surface area contributed by atoms with Gasteiger partial charge in [0.05, 0.1) is 0 Å². The summed E-state index contributed by atoms with van der Waals surface area (Å²) in [6, 6.07) is 44.9. The summed E-state index contributed by atoms with van der Waals surface area (Å²) >= 11 is 0. The molecule has 1 atom stereocenters. The van der Waals surface area contributed by atoms with Gasteiger partial charge in [-0.2, -0.15) is 0 Å². The van der Waals surface area contributed by atoms with Crippen molar-refractivity contribution in [3.63, 3.8) is 0 Å². The molecule has 1 N–H and O–H groups in total. The lowest BCUT2D eigenvalue weighted by Crippen LogP contribution is -2.93. The molecule has 42 heavy (non-hydrogen) atoms. The molecule has 1 saturated heterocycles. The molecule has 5 nitrogen and oxygen atoms in total. The van der Waals surface area contributed by atoms with Crippen molar-refractivity contribution in [2.75, 3.05) is 18.3 Å². The van der Waals surface area contributed by atoms with Gasteiger partial charge in [-0.3, -0.25) is 0 Å². The Morgan fingerprint density at radius 3 is 1.55 bits per heavy atom. The summed E-state index contributed by atoms with van der Waals surface area (Å²) in [7, 11) is -4.96. The summed E-state index contributed by atoms with van der Waals surface area (Å²) in [6.45, 7) is 14.2. The van der Waals surface area contributed by atoms with Gasteiger partial charge in [-0.05, 0) is 61.1 Å². The Morgan fingerprint density at radius 1 is 0.643 bits per heavy atom. The fourth-order valence-electron chi connectivity index (χ4n) is 6.45. The van der Waals surface area contributed by atoms with Crippen molar-refractivity contribution in [2.45, 2.75) is 13.1 Å². The summed E-state index contributed by atoms with van der Waals surface area (Å²) in [5, 5.41) is 4.09. The van der Waals surface area contributed by atoms with Gasteiger partial charge >= 0.3 is 8.40 Å². The SMILES string of the molecule is C=CN1[SiH2]N[SiH2]N(C)[Si](C)(C)N(C)[Si](c2ccccc2)(c2ccccc2)N(c2ccccc2)[Si]1(C=C)c1ccccc1. The van der Waals surface area contributed by atoms with Crippen LogP contribution in [0.25, 0.3) is 0 Å². The Labute approximate surface area is 260 Å². The molecule has 1 fully saturated rings. The fraction of sp³-hybridized carbons (Fsp3) is 0.125. The van der Waals surface area contributed by atoms with Crippen molar-refractivity contribution in [1.29, 1.82) is 0 Å². The van der Waals surface area contributed by atoms with E-state index in [0.717, 1.165) is 0 Å². The van der Waals surface area contributed by atoms with E-state index in [1.807, 2.05) is 0 Å². The lowest BCUT2D eigenvalue weighted by molar-refractivity contribution is 0.633. The Hall–Kier alpha value is -3.08. The molecule has 0 bridgehead atoms. The predicted octanol–water partition coefficient (Wildman–Crippen LogP) is 2.44. The molecule has 0 radical (unpaired) electrons. The molecular weight excluding hydrogens is 595 g/mol. The van der Waals surface area contributed by atoms with Gasteiger partial charge in [0.15, 0.2) is 28.1 Å². The van der Waals surface area contributed by atoms with Crippen LogP contribution < -0.4 is 24.4 Å². The molecule has 0 aromatic heterocycles. The smallest absolute Gasteiger partial charge is 0.308 e. The van der Waals surface area contributed by atoms with E-state index in [0.29, 0.717) is 0 Å². The summed E-state index contributed by atoms with van der Waals surface area (Å²) in [5.41, 5.74) is 3.54. The largest absolute Gasteiger partial charge is 0.402 e. The third-order valence-corrected chi connectivity index (χ3v) is 32.6. The highest BCUT2D eigenvalue weighted by atomic mass is 28.5. The van der Waals surface area contributed by atoms with Gasteiger partial charge in [-0.1, -0.05) is 121 Å². The zero-order chi connectivity index (χ0) is 29.8. The van der Waals surface area contributed by atoms with Gasteiger partial charge in [0.25, 0.3) is 8.40 Å². The van der Waals surface area contributed by atoms with Gasteiger partial charge in [-0.15, -0.1) is 6.58 Å². The first-order valence-electron chi connectivity index (χ1n) is 14.6. The average molecular weight is 638 g/mol. The Kier molecular flexibility index (Phi) is 9.15. The van der Waals surface area contributed by atoms with E-state index < -0.39 is 44.9 Å². The first-order valence-corrected chi connectivity index (χ1v) is 24.0. The first kappa shape index (κ1) is 30.4. The molecule has 1 aliphatic rings. The second-order valence-corrected chi connectivity index (χ2v) is 29.3. The Balaban J connectivity index is 2.06. The van der Waals surface area contributed by atoms with Gasteiger partial charge in [0.2, 0.25) is 0 Å². The van der Waals surface area contributed by atoms with E-state index in [1.54, 1.807) is 0 Å². The van der Waals surface area contributed by atoms with E-state index in [4.69, 9.17) is 6.58 Å². The van der Waals surface area contributed by atoms with Crippen molar-refractivity contribution in [2.24, 2.45) is 0 Å². The van der Waals surface area contributed by atoms with E-state index >= 15 is 0 Å². The van der Waals surface area contributed by atoms with E-state index in [1.165, 1.54) is 21.2 Å². The molecule has 1 aliphatic heterocycles. The van der Waals surface area contributed by atoms with Gasteiger partial charge in [0, 0.05) is 5.69 Å². The van der Waals surface area contributed by atoms with Crippen molar-refractivity contribution >= 4 is 66.1 Å². The van der Waals surface area contributed by atoms with Crippen LogP contribution >= 0.6 is 0 Å². The fourth-order valence-corrected chi connectivity index (χ4v) is 33.2. The number of para-hydroxylation sites is 1. The number of hydrogen-bond acceptors (Lipinski definition) is 5. The molecule has 10 heteroatoms. The number of anilines is 1. The van der Waals surface area contributed by atoms with Crippen LogP contribution in [0.4, 0.5) is 5.69 Å². The van der Waals surface area contributed by atoms with Crippen LogP contribution in [0.5, 0.6) is 0 Å². The zero-order valence-electron chi connectivity index (χ0n) is 25.3. The Morgan fingerprint density at radius 2 is 1.10 bits per heavy atom. The summed E-state index contributed by atoms with van der Waals surface area (Å²) in [5.74, 6) is 0. The van der Waals surface area contributed by atoms with Gasteiger partial charge in [-0.25, -0.2) is 0 Å². The second-order valence-electron chi connectivity index (χ2n) is 11.3. The number of rotatable bonds is 6. The molecule has 0 aliphatic carbocycles. The quantitative estimate of drug-likeness (QED) is 0.328. The number of nitrogens with one attached hydrogen (secondary N) is 1. The molecule has 4 aromatic rings. The summed E-state index contributed by atoms with van der Waals surface area (Å²) in [6.07, 6.45) is 2.11. The summed E-state index contributed by atoms with van der Waals surface area (Å²) in [4.78, 5) is 0. The monoisotopic (exact) mass is 637 g/mol. The van der Waals surface area contributed by atoms with Crippen LogP contribution in [0.3, 0.4) is 0 Å². The van der Waals surface area contributed by atoms with Crippen LogP contribution in [0.15, 0.2) is 146 Å². The minimum absolute atomic E-state index is 0.696. The van der Waals surface area contributed by atoms with Crippen molar-refractivity contribution < 1.29 is 0 Å². The lowest BCUT2D eigenvalue weighted by atomic mass is 10.3. The van der Waals surface area contributed by atoms with E-state index in [-0.39, 0.29) is 0 Å². The molecule has 0 amide bonds. The van der Waals surface area contributed by atoms with Crippen molar-refractivity contribution in [3.8, 4) is 0 Å². The van der Waals surface area contributed by atoms with Crippen molar-refractivity contribution in [1.82, 2.24) is 17.3 Å². The molecule has 4 aromatic carbocycles. The first-order chi connectivity index (χ1) is 20.3. The van der Waals surface area contributed by atoms with Crippen LogP contribution in [0, 0.1) is 0 Å². The highest BCUT2D eigenvalue weighted by Gasteiger charge is 2.62. The number of benzene rings is 4. The van der Waals surface area contributed by atoms with Gasteiger partial charge in [0.1, 0.15) is 0 Å². The molecule has 1 unspecified atom stereocenters. The topological polar surface area (TPSA) is 25.0 Å². The normalized spacial score (nSPS) is 22.6. The Bertz CT molecular complexity index is 1440. The molecule has 216 valence electrons. The molecule has 5 rings (SSSR count). The maximum Gasteiger partial charge on any atom is 0.308 e. The molecule has 1 heterocycles. The van der Waals surface area contributed by atoms with Crippen LogP contribution in [0.2, 0.25) is 13.1 Å². The highest BCUT2D eigenvalue weighted by molar-refractivity contribution is 7.20. The van der Waals surface area contributed by atoms with Crippen LogP contribution in [0.1, 0.15) is 0 Å². The third kappa shape index (κ3) is 4.97. The van der Waals surface area contributed by atoms with E-state index in [2.05, 4.69) is 189 Å². The van der Waals surface area contributed by atoms with Crippen LogP contribution in [-0.2, 0) is 0 Å². The standard InChI is InChI=1S/C32H43N5Si5/c1-7-36-39-33-38-34(3)40(5,6)35(4)42(31-25-17-11-18-26-31,32-27-19-12-20-28-32)37(29-21-13-9-14-22-29)41(36,8-2)30-23-15-10-16-24-30/h7-28,33H,1-2,38-39H2,3-6H3. The number of nitrogens with zero attached hydrogens (tertiary/aromatic N) is 4. The number of hydrogen-bond donors (Lipinski definition) is 1. The van der Waals surface area contributed by atoms with Gasteiger partial charge < -0.3 is 21.6 Å².